The molecule has 0 aromatic rings. The lowest BCUT2D eigenvalue weighted by atomic mass is 9.76. The lowest BCUT2D eigenvalue weighted by Crippen LogP contribution is -2.47. The minimum absolute atomic E-state index is 0.112. The Hall–Kier alpha value is -1.40. The van der Waals surface area contributed by atoms with E-state index in [1.807, 2.05) is 15.9 Å². The maximum Gasteiger partial charge on any atom is 0.230 e. The number of carbonyl (C=O) groups is 2. The first-order valence-electron chi connectivity index (χ1n) is 10.2. The van der Waals surface area contributed by atoms with Crippen LogP contribution in [0.1, 0.15) is 33.1 Å². The van der Waals surface area contributed by atoms with Gasteiger partial charge in [-0.15, -0.1) is 0 Å². The maximum absolute atomic E-state index is 13.4. The third kappa shape index (κ3) is 2.61. The van der Waals surface area contributed by atoms with Gasteiger partial charge in [0.2, 0.25) is 11.8 Å². The molecule has 0 unspecified atom stereocenters. The van der Waals surface area contributed by atoms with Crippen molar-refractivity contribution in [1.82, 2.24) is 14.7 Å². The van der Waals surface area contributed by atoms with E-state index in [9.17, 15) is 9.59 Å². The Labute approximate surface area is 156 Å². The summed E-state index contributed by atoms with van der Waals surface area (Å²) in [6, 6.07) is 0.237. The third-order valence-corrected chi connectivity index (χ3v) is 6.83. The second-order valence-corrected chi connectivity index (χ2v) is 8.32. The summed E-state index contributed by atoms with van der Waals surface area (Å²) in [6.07, 6.45) is 6.71. The van der Waals surface area contributed by atoms with Crippen LogP contribution in [0.25, 0.3) is 0 Å². The van der Waals surface area contributed by atoms with E-state index >= 15 is 0 Å². The number of rotatable bonds is 4. The molecule has 3 saturated heterocycles. The van der Waals surface area contributed by atoms with Gasteiger partial charge in [0.1, 0.15) is 5.60 Å². The molecule has 4 rings (SSSR count). The summed E-state index contributed by atoms with van der Waals surface area (Å²) in [5.41, 5.74) is -0.576. The molecule has 0 aromatic heterocycles. The fourth-order valence-electron chi connectivity index (χ4n) is 5.33. The van der Waals surface area contributed by atoms with Crippen molar-refractivity contribution >= 4 is 11.8 Å². The average Bonchev–Trinajstić information content (AvgIpc) is 3.21. The van der Waals surface area contributed by atoms with Crippen LogP contribution in [0, 0.1) is 11.8 Å². The molecule has 4 heterocycles. The molecule has 26 heavy (non-hydrogen) atoms. The van der Waals surface area contributed by atoms with Crippen molar-refractivity contribution in [3.63, 3.8) is 0 Å². The molecule has 3 fully saturated rings. The molecule has 144 valence electrons. The second-order valence-electron chi connectivity index (χ2n) is 8.32. The van der Waals surface area contributed by atoms with Crippen molar-refractivity contribution in [2.24, 2.45) is 11.8 Å². The van der Waals surface area contributed by atoms with E-state index in [-0.39, 0.29) is 35.8 Å². The summed E-state index contributed by atoms with van der Waals surface area (Å²) in [5.74, 6) is -0.459. The highest BCUT2D eigenvalue weighted by atomic mass is 16.5. The number of amides is 2. The molecule has 6 nitrogen and oxygen atoms in total. The molecule has 0 N–H and O–H groups in total. The Kier molecular flexibility index (Phi) is 4.59. The van der Waals surface area contributed by atoms with E-state index in [0.29, 0.717) is 6.54 Å². The van der Waals surface area contributed by atoms with Crippen molar-refractivity contribution < 1.29 is 14.3 Å². The van der Waals surface area contributed by atoms with E-state index < -0.39 is 5.60 Å². The smallest absolute Gasteiger partial charge is 0.230 e. The van der Waals surface area contributed by atoms with Crippen molar-refractivity contribution in [2.45, 2.75) is 50.9 Å². The molecule has 4 aliphatic heterocycles. The molecule has 0 aromatic carbocycles. The van der Waals surface area contributed by atoms with Crippen LogP contribution in [0.2, 0.25) is 0 Å². The third-order valence-electron chi connectivity index (χ3n) is 6.83. The van der Waals surface area contributed by atoms with Crippen LogP contribution in [0.4, 0.5) is 0 Å². The summed E-state index contributed by atoms with van der Waals surface area (Å²) < 4.78 is 6.27. The molecule has 6 heteroatoms. The van der Waals surface area contributed by atoms with Crippen LogP contribution in [0.5, 0.6) is 0 Å². The number of carbonyl (C=O) groups excluding carboxylic acids is 2. The summed E-state index contributed by atoms with van der Waals surface area (Å²) >= 11 is 0. The zero-order valence-corrected chi connectivity index (χ0v) is 16.2. The zero-order valence-electron chi connectivity index (χ0n) is 16.2. The molecule has 2 amide bonds. The monoisotopic (exact) mass is 361 g/mol. The van der Waals surface area contributed by atoms with Gasteiger partial charge in [-0.1, -0.05) is 26.0 Å². The van der Waals surface area contributed by atoms with Crippen LogP contribution < -0.4 is 0 Å². The quantitative estimate of drug-likeness (QED) is 0.704. The molecule has 4 atom stereocenters. The van der Waals surface area contributed by atoms with Gasteiger partial charge in [0, 0.05) is 25.7 Å². The number of ether oxygens (including phenoxy) is 1. The zero-order chi connectivity index (χ0) is 18.5. The molecule has 0 aliphatic carbocycles. The molecule has 4 aliphatic rings. The van der Waals surface area contributed by atoms with Gasteiger partial charge in [0.15, 0.2) is 0 Å². The van der Waals surface area contributed by atoms with Crippen molar-refractivity contribution in [3.8, 4) is 0 Å². The molecule has 1 spiro atoms. The maximum atomic E-state index is 13.4. The van der Waals surface area contributed by atoms with Crippen LogP contribution in [0.3, 0.4) is 0 Å². The Morgan fingerprint density at radius 2 is 2.04 bits per heavy atom. The Morgan fingerprint density at radius 1 is 1.27 bits per heavy atom. The normalized spacial score (nSPS) is 36.9. The number of nitrogens with zero attached hydrogens (tertiary/aromatic N) is 3. The minimum atomic E-state index is -0.576. The summed E-state index contributed by atoms with van der Waals surface area (Å²) in [5, 5.41) is 0. The summed E-state index contributed by atoms with van der Waals surface area (Å²) in [6.45, 7) is 8.27. The second kappa shape index (κ2) is 6.64. The number of hydrogen-bond donors (Lipinski definition) is 0. The highest BCUT2D eigenvalue weighted by Gasteiger charge is 2.67. The van der Waals surface area contributed by atoms with Gasteiger partial charge in [0.05, 0.1) is 24.5 Å². The number of hydrogen-bond acceptors (Lipinski definition) is 4. The lowest BCUT2D eigenvalue weighted by Gasteiger charge is -2.30. The predicted octanol–water partition coefficient (Wildman–Crippen LogP) is 1.12. The standard InChI is InChI=1S/C20H31N3O3/c1-4-14(5-2)23-13-20-8-7-15(26-20)16(17(20)19(23)25)18(24)22-10-6-9-21(3)11-12-22/h7-8,14-17H,4-6,9-13H2,1-3H3/t15-,16-,17+,20-/m0/s1. The first kappa shape index (κ1) is 18.0. The Bertz CT molecular complexity index is 617. The van der Waals surface area contributed by atoms with Gasteiger partial charge in [-0.3, -0.25) is 9.59 Å². The van der Waals surface area contributed by atoms with E-state index in [0.717, 1.165) is 45.4 Å². The fourth-order valence-corrected chi connectivity index (χ4v) is 5.33. The fraction of sp³-hybridized carbons (Fsp3) is 0.800. The van der Waals surface area contributed by atoms with E-state index in [1.165, 1.54) is 0 Å². The SMILES string of the molecule is CCC(CC)N1C[C@]23C=C[C@H](O2)[C@H](C(=O)N2CCCN(C)CC2)[C@@H]3C1=O. The van der Waals surface area contributed by atoms with Crippen LogP contribution >= 0.6 is 0 Å². The molecular formula is C20H31N3O3. The average molecular weight is 361 g/mol. The van der Waals surface area contributed by atoms with E-state index in [1.54, 1.807) is 0 Å². The lowest BCUT2D eigenvalue weighted by molar-refractivity contribution is -0.144. The summed E-state index contributed by atoms with van der Waals surface area (Å²) in [7, 11) is 2.10. The Morgan fingerprint density at radius 3 is 2.77 bits per heavy atom. The largest absolute Gasteiger partial charge is 0.360 e. The van der Waals surface area contributed by atoms with Gasteiger partial charge in [-0.05, 0) is 32.9 Å². The minimum Gasteiger partial charge on any atom is -0.360 e. The first-order chi connectivity index (χ1) is 12.5. The molecule has 0 radical (unpaired) electrons. The highest BCUT2D eigenvalue weighted by Crippen LogP contribution is 2.53. The number of likely N-dealkylation sites (tertiary alicyclic amines) is 1. The van der Waals surface area contributed by atoms with Crippen LogP contribution in [0.15, 0.2) is 12.2 Å². The summed E-state index contributed by atoms with van der Waals surface area (Å²) in [4.78, 5) is 32.9. The van der Waals surface area contributed by atoms with Crippen molar-refractivity contribution in [1.29, 1.82) is 0 Å². The van der Waals surface area contributed by atoms with E-state index in [4.69, 9.17) is 4.74 Å². The first-order valence-corrected chi connectivity index (χ1v) is 10.2. The van der Waals surface area contributed by atoms with Crippen molar-refractivity contribution in [2.75, 3.05) is 39.8 Å². The highest BCUT2D eigenvalue weighted by molar-refractivity contribution is 5.93. The van der Waals surface area contributed by atoms with Gasteiger partial charge >= 0.3 is 0 Å². The van der Waals surface area contributed by atoms with Gasteiger partial charge in [-0.2, -0.15) is 0 Å². The topological polar surface area (TPSA) is 53.1 Å². The van der Waals surface area contributed by atoms with Crippen LogP contribution in [-0.4, -0.2) is 84.0 Å². The van der Waals surface area contributed by atoms with E-state index in [2.05, 4.69) is 31.9 Å². The molecular weight excluding hydrogens is 330 g/mol. The van der Waals surface area contributed by atoms with Gasteiger partial charge < -0.3 is 19.4 Å². The van der Waals surface area contributed by atoms with Gasteiger partial charge in [0.25, 0.3) is 0 Å². The molecule has 2 bridgehead atoms. The predicted molar refractivity (Wildman–Crippen MR) is 98.5 cm³/mol. The number of fused-ring (bicyclic) bond motifs is 1. The Balaban J connectivity index is 1.58. The molecule has 0 saturated carbocycles. The van der Waals surface area contributed by atoms with Crippen LogP contribution in [-0.2, 0) is 14.3 Å². The van der Waals surface area contributed by atoms with Gasteiger partial charge in [-0.25, -0.2) is 0 Å². The van der Waals surface area contributed by atoms with Crippen molar-refractivity contribution in [3.05, 3.63) is 12.2 Å². The number of likely N-dealkylation sites (N-methyl/N-ethyl adjacent to an activating group) is 1.